The van der Waals surface area contributed by atoms with Crippen LogP contribution in [0, 0.1) is 0 Å². The second-order valence-electron chi connectivity index (χ2n) is 8.89. The average molecular weight is 356 g/mol. The molecule has 1 spiro atoms. The van der Waals surface area contributed by atoms with Crippen LogP contribution in [0.4, 0.5) is 0 Å². The van der Waals surface area contributed by atoms with E-state index in [0.717, 1.165) is 45.1 Å². The number of hydrogen-bond acceptors (Lipinski definition) is 4. The Kier molecular flexibility index (Phi) is 4.56. The predicted molar refractivity (Wildman–Crippen MR) is 104 cm³/mol. The van der Waals surface area contributed by atoms with Gasteiger partial charge in [0.25, 0.3) is 0 Å². The number of piperidine rings is 2. The zero-order chi connectivity index (χ0) is 17.6. The SMILES string of the molecule is O[C@H]1[C@H](N2CCC(N3CCCC3)CC2)c2ccccc2C12CCNCC2. The number of rotatable bonds is 2. The molecule has 3 aliphatic heterocycles. The molecule has 0 unspecified atom stereocenters. The van der Waals surface area contributed by atoms with E-state index in [4.69, 9.17) is 0 Å². The lowest BCUT2D eigenvalue weighted by atomic mass is 9.72. The third-order valence-electron chi connectivity index (χ3n) is 7.73. The molecule has 4 heteroatoms. The number of aliphatic hydroxyl groups is 1. The van der Waals surface area contributed by atoms with Crippen molar-refractivity contribution in [2.45, 2.75) is 62.1 Å². The van der Waals surface area contributed by atoms with Gasteiger partial charge in [-0.05, 0) is 75.8 Å². The Morgan fingerprint density at radius 3 is 2.35 bits per heavy atom. The third-order valence-corrected chi connectivity index (χ3v) is 7.73. The Morgan fingerprint density at radius 1 is 0.923 bits per heavy atom. The van der Waals surface area contributed by atoms with Crippen molar-refractivity contribution in [2.75, 3.05) is 39.3 Å². The van der Waals surface area contributed by atoms with Gasteiger partial charge in [-0.2, -0.15) is 0 Å². The first-order valence-electron chi connectivity index (χ1n) is 10.8. The molecule has 0 aromatic heterocycles. The molecule has 3 heterocycles. The summed E-state index contributed by atoms with van der Waals surface area (Å²) in [4.78, 5) is 5.32. The number of fused-ring (bicyclic) bond motifs is 2. The highest BCUT2D eigenvalue weighted by Gasteiger charge is 2.53. The van der Waals surface area contributed by atoms with Gasteiger partial charge in [-0.15, -0.1) is 0 Å². The van der Waals surface area contributed by atoms with Gasteiger partial charge < -0.3 is 15.3 Å². The molecule has 2 N–H and O–H groups in total. The number of benzene rings is 1. The fraction of sp³-hybridized carbons (Fsp3) is 0.727. The van der Waals surface area contributed by atoms with Crippen molar-refractivity contribution < 1.29 is 5.11 Å². The summed E-state index contributed by atoms with van der Waals surface area (Å²) in [5.74, 6) is 0. The summed E-state index contributed by atoms with van der Waals surface area (Å²) in [7, 11) is 0. The van der Waals surface area contributed by atoms with Crippen LogP contribution >= 0.6 is 0 Å². The first-order chi connectivity index (χ1) is 12.8. The van der Waals surface area contributed by atoms with Crippen LogP contribution < -0.4 is 5.32 Å². The van der Waals surface area contributed by atoms with Gasteiger partial charge in [0, 0.05) is 24.5 Å². The van der Waals surface area contributed by atoms with Gasteiger partial charge in [0.05, 0.1) is 12.1 Å². The van der Waals surface area contributed by atoms with Gasteiger partial charge in [0.1, 0.15) is 0 Å². The smallest absolute Gasteiger partial charge is 0.0834 e. The predicted octanol–water partition coefficient (Wildman–Crippen LogP) is 2.28. The maximum atomic E-state index is 11.5. The van der Waals surface area contributed by atoms with E-state index < -0.39 is 0 Å². The first-order valence-corrected chi connectivity index (χ1v) is 10.8. The van der Waals surface area contributed by atoms with E-state index in [9.17, 15) is 5.11 Å². The highest BCUT2D eigenvalue weighted by molar-refractivity contribution is 5.45. The van der Waals surface area contributed by atoms with Crippen LogP contribution in [-0.2, 0) is 5.41 Å². The second-order valence-corrected chi connectivity index (χ2v) is 8.89. The Bertz CT molecular complexity index is 628. The highest BCUT2D eigenvalue weighted by Crippen LogP contribution is 2.52. The van der Waals surface area contributed by atoms with Crippen LogP contribution in [0.15, 0.2) is 24.3 Å². The highest BCUT2D eigenvalue weighted by atomic mass is 16.3. The summed E-state index contributed by atoms with van der Waals surface area (Å²) in [6, 6.07) is 9.87. The molecule has 1 aromatic carbocycles. The molecule has 1 aromatic rings. The van der Waals surface area contributed by atoms with Gasteiger partial charge in [-0.1, -0.05) is 24.3 Å². The third kappa shape index (κ3) is 2.65. The molecule has 0 radical (unpaired) electrons. The molecule has 0 amide bonds. The maximum Gasteiger partial charge on any atom is 0.0834 e. The zero-order valence-electron chi connectivity index (χ0n) is 15.9. The molecule has 2 atom stereocenters. The zero-order valence-corrected chi connectivity index (χ0v) is 15.9. The van der Waals surface area contributed by atoms with E-state index in [0.29, 0.717) is 0 Å². The Labute approximate surface area is 157 Å². The van der Waals surface area contributed by atoms with Gasteiger partial charge in [0.2, 0.25) is 0 Å². The van der Waals surface area contributed by atoms with Crippen LogP contribution in [0.5, 0.6) is 0 Å². The van der Waals surface area contributed by atoms with Crippen molar-refractivity contribution in [3.63, 3.8) is 0 Å². The quantitative estimate of drug-likeness (QED) is 0.854. The maximum absolute atomic E-state index is 11.5. The fourth-order valence-electron chi connectivity index (χ4n) is 6.31. The number of aliphatic hydroxyl groups excluding tert-OH is 1. The van der Waals surface area contributed by atoms with E-state index in [1.54, 1.807) is 0 Å². The van der Waals surface area contributed by atoms with E-state index >= 15 is 0 Å². The lowest BCUT2D eigenvalue weighted by Crippen LogP contribution is -2.51. The number of nitrogens with zero attached hydrogens (tertiary/aromatic N) is 2. The molecule has 26 heavy (non-hydrogen) atoms. The van der Waals surface area contributed by atoms with Crippen LogP contribution in [0.2, 0.25) is 0 Å². The molecule has 5 rings (SSSR count). The van der Waals surface area contributed by atoms with Crippen molar-refractivity contribution in [1.29, 1.82) is 0 Å². The number of likely N-dealkylation sites (tertiary alicyclic amines) is 2. The van der Waals surface area contributed by atoms with E-state index in [-0.39, 0.29) is 17.6 Å². The lowest BCUT2D eigenvalue weighted by molar-refractivity contribution is -0.0162. The summed E-state index contributed by atoms with van der Waals surface area (Å²) in [6.07, 6.45) is 7.15. The molecule has 3 fully saturated rings. The Balaban J connectivity index is 1.37. The number of hydrogen-bond donors (Lipinski definition) is 2. The molecule has 3 saturated heterocycles. The standard InChI is InChI=1S/C22H33N3O/c26-21-20(25-15-7-17(8-16-25)24-13-3-4-14-24)18-5-1-2-6-19(18)22(21)9-11-23-12-10-22/h1-2,5-6,17,20-21,23,26H,3-4,7-16H2/t20-,21+/m1/s1. The van der Waals surface area contributed by atoms with E-state index in [2.05, 4.69) is 39.4 Å². The van der Waals surface area contributed by atoms with Crippen LogP contribution in [0.3, 0.4) is 0 Å². The summed E-state index contributed by atoms with van der Waals surface area (Å²) in [6.45, 7) is 6.91. The van der Waals surface area contributed by atoms with Crippen molar-refractivity contribution in [1.82, 2.24) is 15.1 Å². The topological polar surface area (TPSA) is 38.7 Å². The van der Waals surface area contributed by atoms with E-state index in [1.807, 2.05) is 0 Å². The largest absolute Gasteiger partial charge is 0.390 e. The molecule has 4 nitrogen and oxygen atoms in total. The summed E-state index contributed by atoms with van der Waals surface area (Å²) >= 11 is 0. The second kappa shape index (κ2) is 6.90. The molecular weight excluding hydrogens is 322 g/mol. The normalized spacial score (nSPS) is 33.0. The van der Waals surface area contributed by atoms with Crippen molar-refractivity contribution in [3.05, 3.63) is 35.4 Å². The Morgan fingerprint density at radius 2 is 1.62 bits per heavy atom. The molecular formula is C22H33N3O. The average Bonchev–Trinajstić information content (AvgIpc) is 3.31. The minimum atomic E-state index is -0.259. The minimum Gasteiger partial charge on any atom is -0.390 e. The van der Waals surface area contributed by atoms with Crippen LogP contribution in [0.25, 0.3) is 0 Å². The van der Waals surface area contributed by atoms with E-state index in [1.165, 1.54) is 49.9 Å². The first kappa shape index (κ1) is 17.2. The van der Waals surface area contributed by atoms with Crippen molar-refractivity contribution in [2.24, 2.45) is 0 Å². The lowest BCUT2D eigenvalue weighted by Gasteiger charge is -2.43. The summed E-state index contributed by atoms with van der Waals surface area (Å²) < 4.78 is 0. The molecule has 142 valence electrons. The van der Waals surface area contributed by atoms with Crippen molar-refractivity contribution >= 4 is 0 Å². The van der Waals surface area contributed by atoms with Gasteiger partial charge >= 0.3 is 0 Å². The van der Waals surface area contributed by atoms with Crippen LogP contribution in [0.1, 0.15) is 55.7 Å². The fourth-order valence-corrected chi connectivity index (χ4v) is 6.31. The Hall–Kier alpha value is -0.940. The van der Waals surface area contributed by atoms with Gasteiger partial charge in [-0.25, -0.2) is 0 Å². The number of nitrogens with one attached hydrogen (secondary N) is 1. The monoisotopic (exact) mass is 355 g/mol. The molecule has 0 bridgehead atoms. The molecule has 4 aliphatic rings. The van der Waals surface area contributed by atoms with Crippen LogP contribution in [-0.4, -0.2) is 66.3 Å². The van der Waals surface area contributed by atoms with Gasteiger partial charge in [0.15, 0.2) is 0 Å². The summed E-state index contributed by atoms with van der Waals surface area (Å²) in [5.41, 5.74) is 2.81. The summed E-state index contributed by atoms with van der Waals surface area (Å²) in [5, 5.41) is 15.0. The minimum absolute atomic E-state index is 0.0295. The molecule has 1 aliphatic carbocycles. The van der Waals surface area contributed by atoms with Gasteiger partial charge in [-0.3, -0.25) is 4.90 Å². The van der Waals surface area contributed by atoms with Crippen molar-refractivity contribution in [3.8, 4) is 0 Å². The molecule has 0 saturated carbocycles.